The third kappa shape index (κ3) is 1.20. The van der Waals surface area contributed by atoms with Gasteiger partial charge >= 0.3 is 0 Å². The first-order chi connectivity index (χ1) is 5.77. The van der Waals surface area contributed by atoms with Gasteiger partial charge in [0.1, 0.15) is 0 Å². The number of nitrogens with zero attached hydrogens (tertiary/aromatic N) is 2. The fourth-order valence-corrected chi connectivity index (χ4v) is 1.69. The van der Waals surface area contributed by atoms with Crippen molar-refractivity contribution in [1.82, 2.24) is 9.36 Å². The van der Waals surface area contributed by atoms with Crippen LogP contribution in [0.5, 0.6) is 0 Å². The van der Waals surface area contributed by atoms with Gasteiger partial charge in [-0.1, -0.05) is 13.8 Å². The van der Waals surface area contributed by atoms with Crippen molar-refractivity contribution in [3.05, 3.63) is 23.2 Å². The van der Waals surface area contributed by atoms with Crippen LogP contribution in [0.25, 0.3) is 11.0 Å². The minimum absolute atomic E-state index is 0.482. The minimum atomic E-state index is 0.482. The molecule has 0 N–H and O–H groups in total. The number of rotatable bonds is 1. The molecule has 2 aromatic heterocycles. The van der Waals surface area contributed by atoms with E-state index in [0.717, 1.165) is 16.7 Å². The van der Waals surface area contributed by atoms with E-state index in [0.29, 0.717) is 5.92 Å². The number of hydrogen-bond acceptors (Lipinski definition) is 3. The Balaban J connectivity index is 2.60. The Kier molecular flexibility index (Phi) is 1.81. The maximum Gasteiger partial charge on any atom is 0.172 e. The van der Waals surface area contributed by atoms with E-state index in [4.69, 9.17) is 0 Å². The summed E-state index contributed by atoms with van der Waals surface area (Å²) >= 11 is 1.46. The second kappa shape index (κ2) is 2.83. The molecule has 0 aliphatic carbocycles. The molecule has 0 spiro atoms. The van der Waals surface area contributed by atoms with Crippen LogP contribution in [0.1, 0.15) is 25.5 Å². The Hall–Kier alpha value is -0.960. The summed E-state index contributed by atoms with van der Waals surface area (Å²) in [6, 6.07) is 4.16. The molecule has 2 heterocycles. The van der Waals surface area contributed by atoms with Crippen LogP contribution in [-0.2, 0) is 0 Å². The van der Waals surface area contributed by atoms with Crippen LogP contribution in [0.4, 0.5) is 0 Å². The summed E-state index contributed by atoms with van der Waals surface area (Å²) in [5.41, 5.74) is 2.00. The summed E-state index contributed by atoms with van der Waals surface area (Å²) in [7, 11) is 0. The van der Waals surface area contributed by atoms with E-state index in [1.807, 2.05) is 5.38 Å². The molecule has 0 saturated heterocycles. The van der Waals surface area contributed by atoms with E-state index in [1.54, 1.807) is 0 Å². The van der Waals surface area contributed by atoms with Gasteiger partial charge in [0.25, 0.3) is 0 Å². The van der Waals surface area contributed by atoms with Gasteiger partial charge in [0, 0.05) is 16.5 Å². The van der Waals surface area contributed by atoms with Gasteiger partial charge in [-0.05, 0) is 29.6 Å². The van der Waals surface area contributed by atoms with E-state index in [1.165, 1.54) is 11.5 Å². The first-order valence-electron chi connectivity index (χ1n) is 3.98. The maximum atomic E-state index is 4.43. The summed E-state index contributed by atoms with van der Waals surface area (Å²) in [5, 5.41) is 3.16. The second-order valence-corrected chi connectivity index (χ2v) is 3.75. The molecular formula is C9H10N2S. The highest BCUT2D eigenvalue weighted by atomic mass is 32.1. The molecule has 62 valence electrons. The molecule has 2 rings (SSSR count). The summed E-state index contributed by atoms with van der Waals surface area (Å²) in [5.74, 6) is 0.482. The van der Waals surface area contributed by atoms with Crippen LogP contribution in [0.2, 0.25) is 0 Å². The lowest BCUT2D eigenvalue weighted by Crippen LogP contribution is -1.91. The first kappa shape index (κ1) is 7.68. The molecule has 2 nitrogen and oxygen atoms in total. The molecule has 0 aliphatic rings. The molecule has 0 amide bonds. The number of fused-ring (bicyclic) bond motifs is 1. The van der Waals surface area contributed by atoms with E-state index in [9.17, 15) is 0 Å². The van der Waals surface area contributed by atoms with Crippen LogP contribution in [0, 0.1) is 0 Å². The Bertz CT molecular complexity index is 392. The molecule has 0 radical (unpaired) electrons. The molecule has 0 atom stereocenters. The topological polar surface area (TPSA) is 25.8 Å². The lowest BCUT2D eigenvalue weighted by Gasteiger charge is -2.01. The highest BCUT2D eigenvalue weighted by Gasteiger charge is 2.02. The first-order valence-corrected chi connectivity index (χ1v) is 4.82. The van der Waals surface area contributed by atoms with Gasteiger partial charge in [0.15, 0.2) is 5.65 Å². The SMILES string of the molecule is CC(C)c1ccc2csnc2n1. The van der Waals surface area contributed by atoms with Crippen molar-refractivity contribution in [2.75, 3.05) is 0 Å². The molecule has 0 bridgehead atoms. The van der Waals surface area contributed by atoms with Crippen molar-refractivity contribution < 1.29 is 0 Å². The van der Waals surface area contributed by atoms with Gasteiger partial charge in [-0.25, -0.2) is 4.98 Å². The minimum Gasteiger partial charge on any atom is -0.232 e. The second-order valence-electron chi connectivity index (χ2n) is 3.12. The Morgan fingerprint density at radius 1 is 1.33 bits per heavy atom. The van der Waals surface area contributed by atoms with Gasteiger partial charge in [-0.2, -0.15) is 4.37 Å². The van der Waals surface area contributed by atoms with Gasteiger partial charge in [-0.3, -0.25) is 0 Å². The molecular weight excluding hydrogens is 168 g/mol. The Labute approximate surface area is 75.4 Å². The van der Waals surface area contributed by atoms with Crippen molar-refractivity contribution in [3.63, 3.8) is 0 Å². The Morgan fingerprint density at radius 3 is 2.92 bits per heavy atom. The maximum absolute atomic E-state index is 4.43. The molecule has 0 unspecified atom stereocenters. The quantitative estimate of drug-likeness (QED) is 0.671. The normalized spacial score (nSPS) is 11.2. The number of aromatic nitrogens is 2. The zero-order chi connectivity index (χ0) is 8.55. The number of pyridine rings is 1. The average molecular weight is 178 g/mol. The molecule has 2 aromatic rings. The lowest BCUT2D eigenvalue weighted by atomic mass is 10.1. The van der Waals surface area contributed by atoms with Crippen molar-refractivity contribution in [3.8, 4) is 0 Å². The van der Waals surface area contributed by atoms with Crippen molar-refractivity contribution in [2.45, 2.75) is 19.8 Å². The monoisotopic (exact) mass is 178 g/mol. The van der Waals surface area contributed by atoms with Crippen LogP contribution < -0.4 is 0 Å². The predicted octanol–water partition coefficient (Wildman–Crippen LogP) is 2.81. The van der Waals surface area contributed by atoms with Gasteiger partial charge in [-0.15, -0.1) is 0 Å². The van der Waals surface area contributed by atoms with Crippen molar-refractivity contribution in [1.29, 1.82) is 0 Å². The zero-order valence-corrected chi connectivity index (χ0v) is 7.93. The smallest absolute Gasteiger partial charge is 0.172 e. The predicted molar refractivity (Wildman–Crippen MR) is 51.5 cm³/mol. The standard InChI is InChI=1S/C9H10N2S/c1-6(2)8-4-3-7-5-12-11-9(7)10-8/h3-6H,1-2H3. The highest BCUT2D eigenvalue weighted by Crippen LogP contribution is 2.17. The molecule has 0 saturated carbocycles. The van der Waals surface area contributed by atoms with Gasteiger partial charge < -0.3 is 0 Å². The van der Waals surface area contributed by atoms with Gasteiger partial charge in [0.05, 0.1) is 0 Å². The summed E-state index contributed by atoms with van der Waals surface area (Å²) in [6.45, 7) is 4.28. The lowest BCUT2D eigenvalue weighted by molar-refractivity contribution is 0.829. The molecule has 0 fully saturated rings. The highest BCUT2D eigenvalue weighted by molar-refractivity contribution is 7.04. The average Bonchev–Trinajstić information content (AvgIpc) is 2.49. The van der Waals surface area contributed by atoms with E-state index in [-0.39, 0.29) is 0 Å². The molecule has 0 aliphatic heterocycles. The van der Waals surface area contributed by atoms with Crippen LogP contribution >= 0.6 is 11.5 Å². The molecule has 12 heavy (non-hydrogen) atoms. The van der Waals surface area contributed by atoms with Crippen LogP contribution in [0.3, 0.4) is 0 Å². The van der Waals surface area contributed by atoms with Crippen molar-refractivity contribution >= 4 is 22.6 Å². The summed E-state index contributed by atoms with van der Waals surface area (Å²) < 4.78 is 4.19. The third-order valence-electron chi connectivity index (χ3n) is 1.84. The summed E-state index contributed by atoms with van der Waals surface area (Å²) in [6.07, 6.45) is 0. The zero-order valence-electron chi connectivity index (χ0n) is 7.11. The van der Waals surface area contributed by atoms with E-state index in [2.05, 4.69) is 35.3 Å². The van der Waals surface area contributed by atoms with Crippen molar-refractivity contribution in [2.24, 2.45) is 0 Å². The largest absolute Gasteiger partial charge is 0.232 e. The summed E-state index contributed by atoms with van der Waals surface area (Å²) in [4.78, 5) is 4.43. The van der Waals surface area contributed by atoms with E-state index >= 15 is 0 Å². The fraction of sp³-hybridized carbons (Fsp3) is 0.333. The molecule has 3 heteroatoms. The van der Waals surface area contributed by atoms with Crippen LogP contribution in [-0.4, -0.2) is 9.36 Å². The van der Waals surface area contributed by atoms with E-state index < -0.39 is 0 Å². The van der Waals surface area contributed by atoms with Gasteiger partial charge in [0.2, 0.25) is 0 Å². The Morgan fingerprint density at radius 2 is 2.17 bits per heavy atom. The fourth-order valence-electron chi connectivity index (χ4n) is 1.09. The molecule has 0 aromatic carbocycles. The third-order valence-corrected chi connectivity index (χ3v) is 2.47. The van der Waals surface area contributed by atoms with Crippen LogP contribution in [0.15, 0.2) is 17.5 Å². The number of hydrogen-bond donors (Lipinski definition) is 0.